The molecule has 122 valence electrons. The molecule has 3 N–H and O–H groups in total. The van der Waals surface area contributed by atoms with Gasteiger partial charge in [0, 0.05) is 32.5 Å². The van der Waals surface area contributed by atoms with Crippen LogP contribution in [0.1, 0.15) is 38.2 Å². The molecule has 0 radical (unpaired) electrons. The number of benzene rings is 1. The summed E-state index contributed by atoms with van der Waals surface area (Å²) in [6.07, 6.45) is 4.77. The first-order valence-corrected chi connectivity index (χ1v) is 7.76. The summed E-state index contributed by atoms with van der Waals surface area (Å²) in [7, 11) is 0. The van der Waals surface area contributed by atoms with E-state index in [1.54, 1.807) is 0 Å². The highest BCUT2D eigenvalue weighted by molar-refractivity contribution is 5.76. The molecule has 1 aromatic rings. The largest absolute Gasteiger partial charge is 0.481 e. The monoisotopic (exact) mass is 306 g/mol. The molecule has 1 saturated heterocycles. The Balaban J connectivity index is 0.000000541. The highest BCUT2D eigenvalue weighted by atomic mass is 16.4. The van der Waals surface area contributed by atoms with Crippen molar-refractivity contribution in [3.8, 4) is 0 Å². The van der Waals surface area contributed by atoms with Gasteiger partial charge >= 0.3 is 0 Å². The number of carboxylic acid groups (broad SMARTS) is 1. The Labute approximate surface area is 132 Å². The second-order valence-corrected chi connectivity index (χ2v) is 5.61. The number of aliphatic carboxylic acids is 1. The Morgan fingerprint density at radius 1 is 1.18 bits per heavy atom. The number of nitrogens with zero attached hydrogens (tertiary/aromatic N) is 1. The van der Waals surface area contributed by atoms with E-state index >= 15 is 0 Å². The van der Waals surface area contributed by atoms with Gasteiger partial charge in [0.2, 0.25) is 5.91 Å². The van der Waals surface area contributed by atoms with Crippen LogP contribution >= 0.6 is 0 Å². The SMILES string of the molecule is CC(=O)O.NC(CC(=O)N1CCCCC1)Cc1ccccc1. The molecule has 1 fully saturated rings. The van der Waals surface area contributed by atoms with Gasteiger partial charge in [0.05, 0.1) is 0 Å². The number of rotatable bonds is 4. The molecule has 1 aliphatic heterocycles. The van der Waals surface area contributed by atoms with E-state index in [1.165, 1.54) is 12.0 Å². The Morgan fingerprint density at radius 3 is 2.27 bits per heavy atom. The average molecular weight is 306 g/mol. The molecule has 1 heterocycles. The molecule has 1 amide bonds. The lowest BCUT2D eigenvalue weighted by Crippen LogP contribution is -2.39. The van der Waals surface area contributed by atoms with Gasteiger partial charge in [0.15, 0.2) is 0 Å². The van der Waals surface area contributed by atoms with Crippen LogP contribution < -0.4 is 5.73 Å². The summed E-state index contributed by atoms with van der Waals surface area (Å²) >= 11 is 0. The van der Waals surface area contributed by atoms with Crippen molar-refractivity contribution in [3.05, 3.63) is 35.9 Å². The third kappa shape index (κ3) is 7.78. The van der Waals surface area contributed by atoms with Gasteiger partial charge in [-0.1, -0.05) is 30.3 Å². The maximum Gasteiger partial charge on any atom is 0.300 e. The Bertz CT molecular complexity index is 452. The molecule has 0 saturated carbocycles. The molecule has 1 unspecified atom stereocenters. The fraction of sp³-hybridized carbons (Fsp3) is 0.529. The minimum absolute atomic E-state index is 0.0678. The van der Waals surface area contributed by atoms with Gasteiger partial charge in [-0.2, -0.15) is 0 Å². The van der Waals surface area contributed by atoms with Crippen LogP contribution in [0, 0.1) is 0 Å². The van der Waals surface area contributed by atoms with Crippen molar-refractivity contribution in [1.82, 2.24) is 4.90 Å². The number of piperidine rings is 1. The lowest BCUT2D eigenvalue weighted by atomic mass is 10.0. The Kier molecular flexibility index (Phi) is 8.22. The molecule has 5 nitrogen and oxygen atoms in total. The fourth-order valence-corrected chi connectivity index (χ4v) is 2.49. The number of nitrogens with two attached hydrogens (primary N) is 1. The summed E-state index contributed by atoms with van der Waals surface area (Å²) in [6, 6.07) is 10.1. The van der Waals surface area contributed by atoms with Crippen molar-refractivity contribution in [1.29, 1.82) is 0 Å². The molecule has 1 aliphatic rings. The zero-order valence-electron chi connectivity index (χ0n) is 13.2. The van der Waals surface area contributed by atoms with Crippen molar-refractivity contribution < 1.29 is 14.7 Å². The van der Waals surface area contributed by atoms with Gasteiger partial charge in [-0.3, -0.25) is 9.59 Å². The second-order valence-electron chi connectivity index (χ2n) is 5.61. The number of carbonyl (C=O) groups excluding carboxylic acids is 1. The zero-order valence-corrected chi connectivity index (χ0v) is 13.2. The number of likely N-dealkylation sites (tertiary alicyclic amines) is 1. The first-order chi connectivity index (χ1) is 10.5. The minimum Gasteiger partial charge on any atom is -0.481 e. The van der Waals surface area contributed by atoms with Gasteiger partial charge in [0.1, 0.15) is 0 Å². The van der Waals surface area contributed by atoms with Crippen molar-refractivity contribution in [2.24, 2.45) is 5.73 Å². The Morgan fingerprint density at radius 2 is 1.73 bits per heavy atom. The lowest BCUT2D eigenvalue weighted by molar-refractivity contribution is -0.134. The number of carboxylic acids is 1. The maximum absolute atomic E-state index is 12.0. The fourth-order valence-electron chi connectivity index (χ4n) is 2.49. The van der Waals surface area contributed by atoms with Crippen LogP contribution in [0.2, 0.25) is 0 Å². The van der Waals surface area contributed by atoms with Gasteiger partial charge in [-0.05, 0) is 31.2 Å². The molecule has 22 heavy (non-hydrogen) atoms. The molecule has 2 rings (SSSR count). The van der Waals surface area contributed by atoms with Crippen molar-refractivity contribution >= 4 is 11.9 Å². The van der Waals surface area contributed by atoms with Crippen LogP contribution in [0.15, 0.2) is 30.3 Å². The summed E-state index contributed by atoms with van der Waals surface area (Å²) in [5.74, 6) is -0.613. The molecule has 0 spiro atoms. The minimum atomic E-state index is -0.833. The lowest BCUT2D eigenvalue weighted by Gasteiger charge is -2.27. The summed E-state index contributed by atoms with van der Waals surface area (Å²) in [6.45, 7) is 2.91. The maximum atomic E-state index is 12.0. The predicted octanol–water partition coefficient (Wildman–Crippen LogP) is 2.05. The van der Waals surface area contributed by atoms with Crippen molar-refractivity contribution in [2.75, 3.05) is 13.1 Å². The van der Waals surface area contributed by atoms with Gasteiger partial charge < -0.3 is 15.7 Å². The molecular weight excluding hydrogens is 280 g/mol. The molecule has 0 aromatic heterocycles. The van der Waals surface area contributed by atoms with E-state index in [4.69, 9.17) is 15.6 Å². The van der Waals surface area contributed by atoms with Crippen LogP contribution in [0.25, 0.3) is 0 Å². The smallest absolute Gasteiger partial charge is 0.300 e. The first-order valence-electron chi connectivity index (χ1n) is 7.76. The molecule has 5 heteroatoms. The van der Waals surface area contributed by atoms with E-state index in [0.29, 0.717) is 6.42 Å². The summed E-state index contributed by atoms with van der Waals surface area (Å²) in [5.41, 5.74) is 7.27. The van der Waals surface area contributed by atoms with E-state index in [0.717, 1.165) is 39.3 Å². The third-order valence-corrected chi connectivity index (χ3v) is 3.49. The molecule has 0 bridgehead atoms. The van der Waals surface area contributed by atoms with E-state index < -0.39 is 5.97 Å². The number of amides is 1. The van der Waals surface area contributed by atoms with Crippen LogP contribution in [-0.2, 0) is 16.0 Å². The van der Waals surface area contributed by atoms with Gasteiger partial charge in [0.25, 0.3) is 5.97 Å². The number of hydrogen-bond donors (Lipinski definition) is 2. The summed E-state index contributed by atoms with van der Waals surface area (Å²) in [5, 5.41) is 7.42. The first kappa shape index (κ1) is 18.2. The van der Waals surface area contributed by atoms with Crippen LogP contribution in [-0.4, -0.2) is 41.0 Å². The highest BCUT2D eigenvalue weighted by Crippen LogP contribution is 2.11. The molecule has 0 aliphatic carbocycles. The topological polar surface area (TPSA) is 83.6 Å². The van der Waals surface area contributed by atoms with E-state index in [1.807, 2.05) is 23.1 Å². The van der Waals surface area contributed by atoms with Gasteiger partial charge in [-0.25, -0.2) is 0 Å². The average Bonchev–Trinajstić information content (AvgIpc) is 2.48. The van der Waals surface area contributed by atoms with Crippen LogP contribution in [0.4, 0.5) is 0 Å². The predicted molar refractivity (Wildman–Crippen MR) is 86.5 cm³/mol. The third-order valence-electron chi connectivity index (χ3n) is 3.49. The molecular formula is C17H26N2O3. The Hall–Kier alpha value is -1.88. The van der Waals surface area contributed by atoms with Crippen LogP contribution in [0.5, 0.6) is 0 Å². The second kappa shape index (κ2) is 9.95. The highest BCUT2D eigenvalue weighted by Gasteiger charge is 2.18. The van der Waals surface area contributed by atoms with Crippen molar-refractivity contribution in [3.63, 3.8) is 0 Å². The molecule has 1 atom stereocenters. The number of carbonyl (C=O) groups is 2. The zero-order chi connectivity index (χ0) is 16.4. The van der Waals surface area contributed by atoms with E-state index in [2.05, 4.69) is 12.1 Å². The van der Waals surface area contributed by atoms with E-state index in [-0.39, 0.29) is 11.9 Å². The van der Waals surface area contributed by atoms with E-state index in [9.17, 15) is 4.79 Å². The quantitative estimate of drug-likeness (QED) is 0.891. The van der Waals surface area contributed by atoms with Gasteiger partial charge in [-0.15, -0.1) is 0 Å². The standard InChI is InChI=1S/C15H22N2O.C2H4O2/c16-14(11-13-7-3-1-4-8-13)12-15(18)17-9-5-2-6-10-17;1-2(3)4/h1,3-4,7-8,14H,2,5-6,9-12,16H2;1H3,(H,3,4). The summed E-state index contributed by atoms with van der Waals surface area (Å²) in [4.78, 5) is 23.0. The van der Waals surface area contributed by atoms with Crippen LogP contribution in [0.3, 0.4) is 0 Å². The van der Waals surface area contributed by atoms with Crippen molar-refractivity contribution in [2.45, 2.75) is 45.1 Å². The summed E-state index contributed by atoms with van der Waals surface area (Å²) < 4.78 is 0. The molecule has 1 aromatic carbocycles. The normalized spacial score (nSPS) is 15.5. The number of hydrogen-bond acceptors (Lipinski definition) is 3.